The van der Waals surface area contributed by atoms with Gasteiger partial charge in [-0.2, -0.15) is 8.42 Å². The molecule has 0 amide bonds. The van der Waals surface area contributed by atoms with Gasteiger partial charge in [0, 0.05) is 0 Å². The van der Waals surface area contributed by atoms with Crippen molar-refractivity contribution in [1.82, 2.24) is 0 Å². The first-order valence-corrected chi connectivity index (χ1v) is 7.73. The van der Waals surface area contributed by atoms with Crippen molar-refractivity contribution in [3.05, 3.63) is 59.2 Å². The summed E-state index contributed by atoms with van der Waals surface area (Å²) in [5.41, 5.74) is -0.230. The predicted molar refractivity (Wildman–Crippen MR) is 79.4 cm³/mol. The number of benzene rings is 2. The van der Waals surface area contributed by atoms with Crippen LogP contribution >= 0.6 is 0 Å². The van der Waals surface area contributed by atoms with Gasteiger partial charge in [-0.3, -0.25) is 0 Å². The minimum Gasteiger partial charge on any atom is -0.478 e. The molecular weight excluding hydrogens is 324 g/mol. The highest BCUT2D eigenvalue weighted by atomic mass is 32.2. The molecule has 0 aliphatic rings. The van der Waals surface area contributed by atoms with Crippen LogP contribution in [0.15, 0.2) is 47.4 Å². The maximum absolute atomic E-state index is 12.2. The smallest absolute Gasteiger partial charge is 0.339 e. The number of carbonyl (C=O) groups is 2. The van der Waals surface area contributed by atoms with Gasteiger partial charge in [0.1, 0.15) is 10.6 Å². The largest absolute Gasteiger partial charge is 0.478 e. The molecule has 0 aliphatic carbocycles. The number of carboxylic acid groups (broad SMARTS) is 2. The van der Waals surface area contributed by atoms with E-state index >= 15 is 0 Å². The lowest BCUT2D eigenvalue weighted by molar-refractivity contribution is 0.0651. The van der Waals surface area contributed by atoms with Crippen molar-refractivity contribution in [2.45, 2.75) is 11.8 Å². The van der Waals surface area contributed by atoms with Gasteiger partial charge in [0.2, 0.25) is 0 Å². The molecule has 0 saturated carbocycles. The molecule has 0 aromatic heterocycles. The van der Waals surface area contributed by atoms with Crippen LogP contribution < -0.4 is 4.18 Å². The van der Waals surface area contributed by atoms with Crippen molar-refractivity contribution in [2.75, 3.05) is 0 Å². The Morgan fingerprint density at radius 1 is 0.913 bits per heavy atom. The van der Waals surface area contributed by atoms with E-state index in [1.165, 1.54) is 12.1 Å². The number of rotatable bonds is 5. The molecule has 2 N–H and O–H groups in total. The summed E-state index contributed by atoms with van der Waals surface area (Å²) < 4.78 is 29.3. The summed E-state index contributed by atoms with van der Waals surface area (Å²) in [6, 6.07) is 8.88. The normalized spacial score (nSPS) is 11.0. The summed E-state index contributed by atoms with van der Waals surface area (Å²) in [5.74, 6) is -2.95. The second kappa shape index (κ2) is 6.09. The number of hydrogen-bond donors (Lipinski definition) is 2. The highest BCUT2D eigenvalue weighted by Gasteiger charge is 2.23. The fourth-order valence-corrected chi connectivity index (χ4v) is 2.77. The molecule has 2 rings (SSSR count). The summed E-state index contributed by atoms with van der Waals surface area (Å²) in [6.45, 7) is 1.82. The molecule has 0 saturated heterocycles. The lowest BCUT2D eigenvalue weighted by atomic mass is 10.1. The van der Waals surface area contributed by atoms with Gasteiger partial charge >= 0.3 is 22.1 Å². The van der Waals surface area contributed by atoms with Gasteiger partial charge < -0.3 is 14.4 Å². The van der Waals surface area contributed by atoms with Crippen LogP contribution in [-0.2, 0) is 10.1 Å². The third-order valence-electron chi connectivity index (χ3n) is 2.97. The molecule has 0 bridgehead atoms. The molecule has 120 valence electrons. The van der Waals surface area contributed by atoms with E-state index in [0.717, 1.165) is 23.8 Å². The van der Waals surface area contributed by atoms with E-state index in [4.69, 9.17) is 14.4 Å². The number of hydrogen-bond acceptors (Lipinski definition) is 5. The molecule has 0 unspecified atom stereocenters. The molecule has 2 aromatic rings. The molecule has 8 heteroatoms. The maximum atomic E-state index is 12.2. The Balaban J connectivity index is 2.43. The lowest BCUT2D eigenvalue weighted by Gasteiger charge is -2.09. The van der Waals surface area contributed by atoms with Crippen molar-refractivity contribution in [3.63, 3.8) is 0 Å². The van der Waals surface area contributed by atoms with Gasteiger partial charge in [-0.25, -0.2) is 9.59 Å². The molecule has 23 heavy (non-hydrogen) atoms. The van der Waals surface area contributed by atoms with Crippen molar-refractivity contribution in [1.29, 1.82) is 0 Å². The highest BCUT2D eigenvalue weighted by molar-refractivity contribution is 7.87. The Hall–Kier alpha value is -2.87. The van der Waals surface area contributed by atoms with Crippen molar-refractivity contribution < 1.29 is 32.4 Å². The molecule has 2 aromatic carbocycles. The van der Waals surface area contributed by atoms with E-state index in [0.29, 0.717) is 0 Å². The molecule has 7 nitrogen and oxygen atoms in total. The van der Waals surface area contributed by atoms with E-state index in [1.807, 2.05) is 6.92 Å². The molecule has 0 aliphatic heterocycles. The first-order valence-electron chi connectivity index (χ1n) is 6.32. The maximum Gasteiger partial charge on any atom is 0.339 e. The van der Waals surface area contributed by atoms with Gasteiger partial charge in [-0.05, 0) is 37.3 Å². The molecule has 0 radical (unpaired) electrons. The Labute approximate surface area is 131 Å². The van der Waals surface area contributed by atoms with E-state index < -0.39 is 38.1 Å². The van der Waals surface area contributed by atoms with Crippen LogP contribution in [0.25, 0.3) is 0 Å². The molecule has 0 heterocycles. The standard InChI is InChI=1S/C15H12O7S/c1-9-2-4-10(5-3-9)22-23(20,21)11-6-7-12(14(16)17)13(8-11)15(18)19/h2-8H,1H3,(H,16,17)(H,18,19). The van der Waals surface area contributed by atoms with Crippen molar-refractivity contribution >= 4 is 22.1 Å². The third kappa shape index (κ3) is 3.67. The van der Waals surface area contributed by atoms with E-state index in [9.17, 15) is 18.0 Å². The van der Waals surface area contributed by atoms with Crippen molar-refractivity contribution in [3.8, 4) is 5.75 Å². The number of carboxylic acids is 2. The van der Waals surface area contributed by atoms with Crippen LogP contribution in [0.4, 0.5) is 0 Å². The zero-order valence-corrected chi connectivity index (χ0v) is 12.7. The Bertz CT molecular complexity index is 867. The summed E-state index contributed by atoms with van der Waals surface area (Å²) >= 11 is 0. The first-order chi connectivity index (χ1) is 10.7. The zero-order valence-electron chi connectivity index (χ0n) is 11.9. The predicted octanol–water partition coefficient (Wildman–Crippen LogP) is 2.16. The zero-order chi connectivity index (χ0) is 17.2. The molecule has 0 fully saturated rings. The summed E-state index contributed by atoms with van der Waals surface area (Å²) in [4.78, 5) is 21.6. The summed E-state index contributed by atoms with van der Waals surface area (Å²) in [6.07, 6.45) is 0. The van der Waals surface area contributed by atoms with Crippen LogP contribution in [0.5, 0.6) is 5.75 Å². The Morgan fingerprint density at radius 3 is 2.00 bits per heavy atom. The van der Waals surface area contributed by atoms with E-state index in [-0.39, 0.29) is 5.75 Å². The Kier molecular flexibility index (Phi) is 4.37. The quantitative estimate of drug-likeness (QED) is 0.803. The summed E-state index contributed by atoms with van der Waals surface area (Å²) in [5, 5.41) is 18.0. The average Bonchev–Trinajstić information content (AvgIpc) is 2.48. The molecule has 0 spiro atoms. The van der Waals surface area contributed by atoms with Crippen LogP contribution in [0.1, 0.15) is 26.3 Å². The SMILES string of the molecule is Cc1ccc(OS(=O)(=O)c2ccc(C(=O)O)c(C(=O)O)c2)cc1. The van der Waals surface area contributed by atoms with Gasteiger partial charge in [0.15, 0.2) is 0 Å². The van der Waals surface area contributed by atoms with Crippen LogP contribution in [0.3, 0.4) is 0 Å². The Morgan fingerprint density at radius 2 is 1.48 bits per heavy atom. The topological polar surface area (TPSA) is 118 Å². The molecule has 0 atom stereocenters. The fourth-order valence-electron chi connectivity index (χ4n) is 1.81. The van der Waals surface area contributed by atoms with Crippen molar-refractivity contribution in [2.24, 2.45) is 0 Å². The number of aryl methyl sites for hydroxylation is 1. The monoisotopic (exact) mass is 336 g/mol. The van der Waals surface area contributed by atoms with Gasteiger partial charge in [0.25, 0.3) is 0 Å². The van der Waals surface area contributed by atoms with Crippen LogP contribution in [0.2, 0.25) is 0 Å². The minimum absolute atomic E-state index is 0.0646. The molecular formula is C15H12O7S. The second-order valence-electron chi connectivity index (χ2n) is 4.67. The number of aromatic carboxylic acids is 2. The fraction of sp³-hybridized carbons (Fsp3) is 0.0667. The van der Waals surface area contributed by atoms with Gasteiger partial charge in [-0.1, -0.05) is 17.7 Å². The van der Waals surface area contributed by atoms with E-state index in [1.54, 1.807) is 12.1 Å². The average molecular weight is 336 g/mol. The summed E-state index contributed by atoms with van der Waals surface area (Å²) in [7, 11) is -4.28. The lowest BCUT2D eigenvalue weighted by Crippen LogP contribution is -2.13. The first kappa shape index (κ1) is 16.5. The van der Waals surface area contributed by atoms with Crippen LogP contribution in [0, 0.1) is 6.92 Å². The van der Waals surface area contributed by atoms with Crippen LogP contribution in [-0.4, -0.2) is 30.6 Å². The van der Waals surface area contributed by atoms with Gasteiger partial charge in [0.05, 0.1) is 11.1 Å². The second-order valence-corrected chi connectivity index (χ2v) is 6.21. The third-order valence-corrected chi connectivity index (χ3v) is 4.21. The minimum atomic E-state index is -4.28. The highest BCUT2D eigenvalue weighted by Crippen LogP contribution is 2.21. The van der Waals surface area contributed by atoms with E-state index in [2.05, 4.69) is 0 Å². The van der Waals surface area contributed by atoms with Gasteiger partial charge in [-0.15, -0.1) is 0 Å².